The number of nitrogens with zero attached hydrogens (tertiary/aromatic N) is 1. The van der Waals surface area contributed by atoms with Gasteiger partial charge in [0.25, 0.3) is 0 Å². The van der Waals surface area contributed by atoms with Gasteiger partial charge in [0.1, 0.15) is 18.7 Å². The molecule has 1 aliphatic rings. The molecule has 0 saturated carbocycles. The fourth-order valence-corrected chi connectivity index (χ4v) is 3.36. The molecule has 0 unspecified atom stereocenters. The van der Waals surface area contributed by atoms with Crippen molar-refractivity contribution in [2.75, 3.05) is 0 Å². The van der Waals surface area contributed by atoms with E-state index in [9.17, 15) is 14.4 Å². The van der Waals surface area contributed by atoms with Crippen LogP contribution in [0.1, 0.15) is 23.1 Å². The topological polar surface area (TPSA) is 102 Å². The molecule has 30 heavy (non-hydrogen) atoms. The molecule has 154 valence electrons. The van der Waals surface area contributed by atoms with Gasteiger partial charge in [0.15, 0.2) is 0 Å². The molecule has 0 radical (unpaired) electrons. The second kappa shape index (κ2) is 9.61. The van der Waals surface area contributed by atoms with Crippen LogP contribution < -0.4 is 11.1 Å². The molecule has 1 aliphatic heterocycles. The zero-order valence-electron chi connectivity index (χ0n) is 16.4. The number of amides is 3. The van der Waals surface area contributed by atoms with Crippen LogP contribution in [0.4, 0.5) is 4.79 Å². The molecule has 2 aromatic rings. The minimum atomic E-state index is -0.998. The van der Waals surface area contributed by atoms with Gasteiger partial charge < -0.3 is 15.8 Å². The van der Waals surface area contributed by atoms with Crippen molar-refractivity contribution in [1.82, 2.24) is 10.2 Å². The maximum Gasteiger partial charge on any atom is 0.411 e. The van der Waals surface area contributed by atoms with E-state index in [1.54, 1.807) is 0 Å². The first kappa shape index (κ1) is 20.9. The van der Waals surface area contributed by atoms with Crippen molar-refractivity contribution >= 4 is 17.9 Å². The molecule has 3 N–H and O–H groups in total. The number of hydrogen-bond donors (Lipinski definition) is 2. The number of rotatable bonds is 6. The van der Waals surface area contributed by atoms with Crippen molar-refractivity contribution in [2.45, 2.75) is 38.1 Å². The zero-order chi connectivity index (χ0) is 21.5. The summed E-state index contributed by atoms with van der Waals surface area (Å²) in [4.78, 5) is 38.7. The average molecular weight is 405 g/mol. The third kappa shape index (κ3) is 4.97. The van der Waals surface area contributed by atoms with Gasteiger partial charge >= 0.3 is 6.09 Å². The summed E-state index contributed by atoms with van der Waals surface area (Å²) in [6.45, 7) is 0.311. The lowest BCUT2D eigenvalue weighted by Crippen LogP contribution is -2.56. The molecular weight excluding hydrogens is 382 g/mol. The summed E-state index contributed by atoms with van der Waals surface area (Å²) in [6, 6.07) is 15.0. The maximum absolute atomic E-state index is 12.9. The van der Waals surface area contributed by atoms with Crippen LogP contribution in [0, 0.1) is 12.3 Å². The summed E-state index contributed by atoms with van der Waals surface area (Å²) >= 11 is 0. The van der Waals surface area contributed by atoms with Crippen LogP contribution in [0.3, 0.4) is 0 Å². The monoisotopic (exact) mass is 405 g/mol. The molecule has 7 heteroatoms. The number of nitrogens with two attached hydrogens (primary N) is 1. The summed E-state index contributed by atoms with van der Waals surface area (Å²) in [5.74, 6) is 1.10. The van der Waals surface area contributed by atoms with Crippen molar-refractivity contribution in [3.63, 3.8) is 0 Å². The smallest absolute Gasteiger partial charge is 0.411 e. The van der Waals surface area contributed by atoms with Gasteiger partial charge in [0, 0.05) is 12.8 Å². The van der Waals surface area contributed by atoms with Gasteiger partial charge in [-0.3, -0.25) is 14.5 Å². The Labute approximate surface area is 175 Å². The van der Waals surface area contributed by atoms with Gasteiger partial charge in [-0.25, -0.2) is 4.79 Å². The molecule has 3 rings (SSSR count). The largest absolute Gasteiger partial charge is 0.445 e. The lowest BCUT2D eigenvalue weighted by Gasteiger charge is -2.35. The summed E-state index contributed by atoms with van der Waals surface area (Å²) < 4.78 is 5.45. The van der Waals surface area contributed by atoms with Gasteiger partial charge in [-0.05, 0) is 16.7 Å². The van der Waals surface area contributed by atoms with Gasteiger partial charge in [0.2, 0.25) is 11.8 Å². The van der Waals surface area contributed by atoms with Crippen molar-refractivity contribution in [3.8, 4) is 12.3 Å². The Kier molecular flexibility index (Phi) is 6.71. The number of carbonyl (C=O) groups is 3. The molecular formula is C23H23N3O4. The SMILES string of the molecule is C#CC[C@@H](NC(=O)[C@@H]1Cc2ccccc2CN1C(=O)OCc1ccccc1)C(N)=O. The Balaban J connectivity index is 1.78. The Morgan fingerprint density at radius 1 is 1.13 bits per heavy atom. The molecule has 0 spiro atoms. The van der Waals surface area contributed by atoms with E-state index >= 15 is 0 Å². The summed E-state index contributed by atoms with van der Waals surface area (Å²) in [7, 11) is 0. The van der Waals surface area contributed by atoms with Crippen LogP contribution in [0.2, 0.25) is 0 Å². The lowest BCUT2D eigenvalue weighted by molar-refractivity contribution is -0.130. The van der Waals surface area contributed by atoms with E-state index in [2.05, 4.69) is 11.2 Å². The third-order valence-corrected chi connectivity index (χ3v) is 4.97. The maximum atomic E-state index is 12.9. The van der Waals surface area contributed by atoms with Gasteiger partial charge in [0.05, 0.1) is 6.54 Å². The number of fused-ring (bicyclic) bond motifs is 1. The standard InChI is InChI=1S/C23H23N3O4/c1-2-8-19(21(24)27)25-22(28)20-13-17-11-6-7-12-18(17)14-26(20)23(29)30-15-16-9-4-3-5-10-16/h1,3-7,9-12,19-20H,8,13-15H2,(H2,24,27)(H,25,28)/t19-,20+/m1/s1. The predicted octanol–water partition coefficient (Wildman–Crippen LogP) is 1.74. The van der Waals surface area contributed by atoms with E-state index < -0.39 is 30.0 Å². The van der Waals surface area contributed by atoms with E-state index in [0.29, 0.717) is 6.42 Å². The summed E-state index contributed by atoms with van der Waals surface area (Å²) in [6.07, 6.45) is 4.92. The van der Waals surface area contributed by atoms with Crippen LogP contribution in [-0.4, -0.2) is 34.9 Å². The number of ether oxygens (including phenoxy) is 1. The zero-order valence-corrected chi connectivity index (χ0v) is 16.4. The molecule has 2 atom stereocenters. The molecule has 3 amide bonds. The fourth-order valence-electron chi connectivity index (χ4n) is 3.36. The van der Waals surface area contributed by atoms with E-state index in [4.69, 9.17) is 16.9 Å². The average Bonchev–Trinajstić information content (AvgIpc) is 2.76. The van der Waals surface area contributed by atoms with Crippen molar-refractivity contribution in [2.24, 2.45) is 5.73 Å². The number of primary amides is 1. The highest BCUT2D eigenvalue weighted by Crippen LogP contribution is 2.24. The second-order valence-electron chi connectivity index (χ2n) is 7.03. The molecule has 1 heterocycles. The van der Waals surface area contributed by atoms with Crippen molar-refractivity contribution < 1.29 is 19.1 Å². The highest BCUT2D eigenvalue weighted by Gasteiger charge is 2.36. The number of nitrogens with one attached hydrogen (secondary N) is 1. The highest BCUT2D eigenvalue weighted by atomic mass is 16.6. The van der Waals surface area contributed by atoms with Gasteiger partial charge in [-0.15, -0.1) is 12.3 Å². The second-order valence-corrected chi connectivity index (χ2v) is 7.03. The Morgan fingerprint density at radius 3 is 2.47 bits per heavy atom. The molecule has 0 aromatic heterocycles. The normalized spacial score (nSPS) is 16.0. The molecule has 0 saturated heterocycles. The van der Waals surface area contributed by atoms with E-state index in [1.165, 1.54) is 4.90 Å². The van der Waals surface area contributed by atoms with E-state index in [-0.39, 0.29) is 19.6 Å². The Morgan fingerprint density at radius 2 is 1.80 bits per heavy atom. The number of terminal acetylenes is 1. The van der Waals surface area contributed by atoms with E-state index in [1.807, 2.05) is 54.6 Å². The van der Waals surface area contributed by atoms with Crippen LogP contribution in [0.25, 0.3) is 0 Å². The molecule has 0 bridgehead atoms. The molecule has 0 aliphatic carbocycles. The minimum Gasteiger partial charge on any atom is -0.445 e. The molecule has 0 fully saturated rings. The van der Waals surface area contributed by atoms with Crippen LogP contribution >= 0.6 is 0 Å². The minimum absolute atomic E-state index is 0.0250. The first-order valence-corrected chi connectivity index (χ1v) is 9.57. The summed E-state index contributed by atoms with van der Waals surface area (Å²) in [5.41, 5.74) is 8.06. The number of hydrogen-bond acceptors (Lipinski definition) is 4. The quantitative estimate of drug-likeness (QED) is 0.715. The first-order chi connectivity index (χ1) is 14.5. The van der Waals surface area contributed by atoms with Crippen LogP contribution in [0.15, 0.2) is 54.6 Å². The highest BCUT2D eigenvalue weighted by molar-refractivity contribution is 5.91. The van der Waals surface area contributed by atoms with Crippen molar-refractivity contribution in [3.05, 3.63) is 71.3 Å². The van der Waals surface area contributed by atoms with Gasteiger partial charge in [-0.1, -0.05) is 54.6 Å². The predicted molar refractivity (Wildman–Crippen MR) is 111 cm³/mol. The first-order valence-electron chi connectivity index (χ1n) is 9.57. The van der Waals surface area contributed by atoms with Crippen LogP contribution in [0.5, 0.6) is 0 Å². The Bertz CT molecular complexity index is 968. The van der Waals surface area contributed by atoms with Gasteiger partial charge in [-0.2, -0.15) is 0 Å². The molecule has 2 aromatic carbocycles. The lowest BCUT2D eigenvalue weighted by atomic mass is 9.93. The van der Waals surface area contributed by atoms with E-state index in [0.717, 1.165) is 16.7 Å². The fraction of sp³-hybridized carbons (Fsp3) is 0.261. The van der Waals surface area contributed by atoms with Crippen LogP contribution in [-0.2, 0) is 33.9 Å². The van der Waals surface area contributed by atoms with Crippen molar-refractivity contribution in [1.29, 1.82) is 0 Å². The third-order valence-electron chi connectivity index (χ3n) is 4.97. The number of carbonyl (C=O) groups excluding carboxylic acids is 3. The summed E-state index contributed by atoms with van der Waals surface area (Å²) in [5, 5.41) is 2.57. The molecule has 7 nitrogen and oxygen atoms in total. The Hall–Kier alpha value is -3.79. The number of benzene rings is 2.